The Hall–Kier alpha value is -0.580. The van der Waals surface area contributed by atoms with Crippen molar-refractivity contribution in [3.63, 3.8) is 0 Å². The number of rotatable bonds is 5. The number of furan rings is 1. The van der Waals surface area contributed by atoms with E-state index in [1.165, 1.54) is 10.4 Å². The van der Waals surface area contributed by atoms with Gasteiger partial charge in [0.25, 0.3) is 0 Å². The zero-order valence-electron chi connectivity index (χ0n) is 10.00. The Bertz CT molecular complexity index is 437. The highest BCUT2D eigenvalue weighted by molar-refractivity contribution is 9.10. The molecule has 0 aliphatic carbocycles. The molecule has 4 heteroatoms. The minimum absolute atomic E-state index is 0.152. The molecule has 0 bridgehead atoms. The normalized spacial score (nSPS) is 12.9. The summed E-state index contributed by atoms with van der Waals surface area (Å²) in [6.07, 6.45) is 2.87. The van der Waals surface area contributed by atoms with Crippen molar-refractivity contribution in [3.05, 3.63) is 44.4 Å². The molecule has 0 saturated carbocycles. The van der Waals surface area contributed by atoms with Crippen molar-refractivity contribution in [1.82, 2.24) is 5.32 Å². The average molecular weight is 314 g/mol. The minimum atomic E-state index is 0.152. The average Bonchev–Trinajstić information content (AvgIpc) is 2.90. The lowest BCUT2D eigenvalue weighted by Gasteiger charge is -2.16. The van der Waals surface area contributed by atoms with E-state index < -0.39 is 0 Å². The molecule has 2 aromatic rings. The summed E-state index contributed by atoms with van der Waals surface area (Å²) in [6.45, 7) is 5.23. The standard InChI is InChI=1S/C13H16BrNOS/c1-3-6-15-11(12-9(2)4-7-16-12)13-10(14)5-8-17-13/h4-5,7-8,11,15H,3,6H2,1-2H3. The van der Waals surface area contributed by atoms with Gasteiger partial charge in [-0.3, -0.25) is 0 Å². The highest BCUT2D eigenvalue weighted by atomic mass is 79.9. The first-order valence-electron chi connectivity index (χ1n) is 5.74. The van der Waals surface area contributed by atoms with Gasteiger partial charge in [0.05, 0.1) is 6.26 Å². The Balaban J connectivity index is 2.32. The smallest absolute Gasteiger partial charge is 0.128 e. The van der Waals surface area contributed by atoms with Crippen molar-refractivity contribution >= 4 is 27.3 Å². The van der Waals surface area contributed by atoms with E-state index >= 15 is 0 Å². The van der Waals surface area contributed by atoms with Crippen LogP contribution in [0.3, 0.4) is 0 Å². The van der Waals surface area contributed by atoms with Gasteiger partial charge in [-0.1, -0.05) is 6.92 Å². The molecule has 0 aromatic carbocycles. The van der Waals surface area contributed by atoms with Crippen LogP contribution in [-0.4, -0.2) is 6.54 Å². The third-order valence-electron chi connectivity index (χ3n) is 2.67. The number of thiophene rings is 1. The van der Waals surface area contributed by atoms with E-state index in [1.54, 1.807) is 17.6 Å². The lowest BCUT2D eigenvalue weighted by atomic mass is 10.1. The minimum Gasteiger partial charge on any atom is -0.467 e. The van der Waals surface area contributed by atoms with Crippen LogP contribution < -0.4 is 5.32 Å². The lowest BCUT2D eigenvalue weighted by molar-refractivity contribution is 0.446. The summed E-state index contributed by atoms with van der Waals surface area (Å²) in [5.41, 5.74) is 1.19. The summed E-state index contributed by atoms with van der Waals surface area (Å²) in [5.74, 6) is 1.02. The van der Waals surface area contributed by atoms with Gasteiger partial charge in [0.1, 0.15) is 11.8 Å². The van der Waals surface area contributed by atoms with Crippen LogP contribution in [0.25, 0.3) is 0 Å². The largest absolute Gasteiger partial charge is 0.467 e. The van der Waals surface area contributed by atoms with Gasteiger partial charge in [-0.15, -0.1) is 11.3 Å². The Morgan fingerprint density at radius 2 is 2.29 bits per heavy atom. The first kappa shape index (κ1) is 12.9. The zero-order valence-corrected chi connectivity index (χ0v) is 12.4. The number of halogens is 1. The van der Waals surface area contributed by atoms with E-state index in [4.69, 9.17) is 4.42 Å². The van der Waals surface area contributed by atoms with Crippen LogP contribution >= 0.6 is 27.3 Å². The summed E-state index contributed by atoms with van der Waals surface area (Å²) < 4.78 is 6.77. The van der Waals surface area contributed by atoms with Gasteiger partial charge in [0.2, 0.25) is 0 Å². The summed E-state index contributed by atoms with van der Waals surface area (Å²) in [6, 6.07) is 4.25. The van der Waals surface area contributed by atoms with Crippen LogP contribution in [0.2, 0.25) is 0 Å². The fraction of sp³-hybridized carbons (Fsp3) is 0.385. The first-order chi connectivity index (χ1) is 8.24. The number of nitrogens with one attached hydrogen (secondary N) is 1. The Morgan fingerprint density at radius 3 is 2.82 bits per heavy atom. The van der Waals surface area contributed by atoms with Crippen LogP contribution in [-0.2, 0) is 0 Å². The quantitative estimate of drug-likeness (QED) is 0.879. The van der Waals surface area contributed by atoms with Crippen molar-refractivity contribution < 1.29 is 4.42 Å². The molecule has 1 unspecified atom stereocenters. The maximum Gasteiger partial charge on any atom is 0.128 e. The third-order valence-corrected chi connectivity index (χ3v) is 4.60. The van der Waals surface area contributed by atoms with Gasteiger partial charge < -0.3 is 9.73 Å². The lowest BCUT2D eigenvalue weighted by Crippen LogP contribution is -2.22. The molecule has 92 valence electrons. The number of hydrogen-bond donors (Lipinski definition) is 1. The van der Waals surface area contributed by atoms with E-state index in [9.17, 15) is 0 Å². The third kappa shape index (κ3) is 2.81. The molecule has 17 heavy (non-hydrogen) atoms. The van der Waals surface area contributed by atoms with E-state index in [1.807, 2.05) is 6.07 Å². The van der Waals surface area contributed by atoms with Crippen LogP contribution in [0, 0.1) is 6.92 Å². The van der Waals surface area contributed by atoms with Crippen LogP contribution in [0.5, 0.6) is 0 Å². The van der Waals surface area contributed by atoms with Crippen LogP contribution in [0.4, 0.5) is 0 Å². The monoisotopic (exact) mass is 313 g/mol. The molecule has 0 fully saturated rings. The van der Waals surface area contributed by atoms with Crippen molar-refractivity contribution in [2.24, 2.45) is 0 Å². The first-order valence-corrected chi connectivity index (χ1v) is 7.41. The topological polar surface area (TPSA) is 25.2 Å². The molecule has 2 heterocycles. The summed E-state index contributed by atoms with van der Waals surface area (Å²) in [7, 11) is 0. The second-order valence-electron chi connectivity index (χ2n) is 3.99. The van der Waals surface area contributed by atoms with Gasteiger partial charge in [-0.2, -0.15) is 0 Å². The fourth-order valence-electron chi connectivity index (χ4n) is 1.78. The van der Waals surface area contributed by atoms with Crippen molar-refractivity contribution in [2.75, 3.05) is 6.54 Å². The number of aryl methyl sites for hydroxylation is 1. The number of hydrogen-bond acceptors (Lipinski definition) is 3. The highest BCUT2D eigenvalue weighted by Crippen LogP contribution is 2.34. The molecule has 1 N–H and O–H groups in total. The summed E-state index contributed by atoms with van der Waals surface area (Å²) >= 11 is 5.34. The fourth-order valence-corrected chi connectivity index (χ4v) is 3.46. The van der Waals surface area contributed by atoms with Gasteiger partial charge in [-0.05, 0) is 58.9 Å². The maximum atomic E-state index is 5.63. The van der Waals surface area contributed by atoms with Gasteiger partial charge in [0, 0.05) is 9.35 Å². The van der Waals surface area contributed by atoms with Gasteiger partial charge in [-0.25, -0.2) is 0 Å². The molecule has 2 aromatic heterocycles. The second kappa shape index (κ2) is 5.85. The zero-order chi connectivity index (χ0) is 12.3. The molecule has 1 atom stereocenters. The Kier molecular flexibility index (Phi) is 4.42. The van der Waals surface area contributed by atoms with Gasteiger partial charge >= 0.3 is 0 Å². The Morgan fingerprint density at radius 1 is 1.47 bits per heavy atom. The van der Waals surface area contributed by atoms with Gasteiger partial charge in [0.15, 0.2) is 0 Å². The van der Waals surface area contributed by atoms with Crippen molar-refractivity contribution in [2.45, 2.75) is 26.3 Å². The molecule has 0 radical (unpaired) electrons. The molecule has 2 rings (SSSR count). The second-order valence-corrected chi connectivity index (χ2v) is 5.79. The SMILES string of the molecule is CCCNC(c1occc1C)c1sccc1Br. The Labute approximate surface area is 114 Å². The molecule has 0 aliphatic rings. The van der Waals surface area contributed by atoms with Crippen molar-refractivity contribution in [1.29, 1.82) is 0 Å². The highest BCUT2D eigenvalue weighted by Gasteiger charge is 2.21. The predicted molar refractivity (Wildman–Crippen MR) is 75.6 cm³/mol. The van der Waals surface area contributed by atoms with Crippen LogP contribution in [0.15, 0.2) is 32.7 Å². The van der Waals surface area contributed by atoms with E-state index in [-0.39, 0.29) is 6.04 Å². The van der Waals surface area contributed by atoms with Crippen molar-refractivity contribution in [3.8, 4) is 0 Å². The predicted octanol–water partition coefficient (Wildman–Crippen LogP) is 4.50. The van der Waals surface area contributed by atoms with E-state index in [0.717, 1.165) is 23.2 Å². The van der Waals surface area contributed by atoms with E-state index in [2.05, 4.69) is 46.5 Å². The molecule has 0 aliphatic heterocycles. The summed E-state index contributed by atoms with van der Waals surface area (Å²) in [5, 5.41) is 5.64. The maximum absolute atomic E-state index is 5.63. The van der Waals surface area contributed by atoms with E-state index in [0.29, 0.717) is 0 Å². The molecular weight excluding hydrogens is 298 g/mol. The summed E-state index contributed by atoms with van der Waals surface area (Å²) in [4.78, 5) is 1.27. The molecular formula is C13H16BrNOS. The van der Waals surface area contributed by atoms with Crippen LogP contribution in [0.1, 0.15) is 35.6 Å². The molecule has 2 nitrogen and oxygen atoms in total. The molecule has 0 spiro atoms. The molecule has 0 saturated heterocycles. The molecule has 0 amide bonds.